The number of aromatic hydroxyl groups is 1. The van der Waals surface area contributed by atoms with Gasteiger partial charge in [0.05, 0.1) is 22.8 Å². The first-order valence-electron chi connectivity index (χ1n) is 6.15. The standard InChI is InChI=1S/C16H11N3O/c1-10-5-15-13(16(20)6-10)8-14(18-19-15)12-4-2-3-11(7-12)9-17/h2-8,20H,1H3. The molecule has 1 aromatic heterocycles. The van der Waals surface area contributed by atoms with Crippen LogP contribution in [0.1, 0.15) is 11.1 Å². The van der Waals surface area contributed by atoms with E-state index in [9.17, 15) is 5.11 Å². The molecule has 4 nitrogen and oxygen atoms in total. The second-order valence-electron chi connectivity index (χ2n) is 4.64. The summed E-state index contributed by atoms with van der Waals surface area (Å²) in [6, 6.07) is 14.6. The van der Waals surface area contributed by atoms with Gasteiger partial charge in [0, 0.05) is 10.9 Å². The summed E-state index contributed by atoms with van der Waals surface area (Å²) < 4.78 is 0. The Morgan fingerprint density at radius 1 is 1.10 bits per heavy atom. The highest BCUT2D eigenvalue weighted by Gasteiger charge is 2.07. The third-order valence-electron chi connectivity index (χ3n) is 3.11. The van der Waals surface area contributed by atoms with Crippen molar-refractivity contribution >= 4 is 10.9 Å². The number of phenolic OH excluding ortho intramolecular Hbond substituents is 1. The van der Waals surface area contributed by atoms with E-state index >= 15 is 0 Å². The highest BCUT2D eigenvalue weighted by Crippen LogP contribution is 2.28. The number of nitrogens with zero attached hydrogens (tertiary/aromatic N) is 3. The van der Waals surface area contributed by atoms with Crippen LogP contribution in [0.5, 0.6) is 5.75 Å². The number of hydrogen-bond acceptors (Lipinski definition) is 4. The van der Waals surface area contributed by atoms with Crippen molar-refractivity contribution in [2.75, 3.05) is 0 Å². The van der Waals surface area contributed by atoms with Crippen LogP contribution in [0.4, 0.5) is 0 Å². The van der Waals surface area contributed by atoms with Crippen LogP contribution in [0.2, 0.25) is 0 Å². The number of aromatic nitrogens is 2. The van der Waals surface area contributed by atoms with Crippen LogP contribution in [-0.4, -0.2) is 15.3 Å². The molecular weight excluding hydrogens is 250 g/mol. The monoisotopic (exact) mass is 261 g/mol. The second-order valence-corrected chi connectivity index (χ2v) is 4.64. The van der Waals surface area contributed by atoms with Gasteiger partial charge in [0.1, 0.15) is 5.75 Å². The molecule has 0 amide bonds. The minimum absolute atomic E-state index is 0.188. The van der Waals surface area contributed by atoms with Crippen LogP contribution in [0, 0.1) is 18.3 Å². The lowest BCUT2D eigenvalue weighted by Crippen LogP contribution is -1.90. The molecule has 0 radical (unpaired) electrons. The van der Waals surface area contributed by atoms with Gasteiger partial charge in [-0.3, -0.25) is 0 Å². The Labute approximate surface area is 115 Å². The number of benzene rings is 2. The maximum Gasteiger partial charge on any atom is 0.125 e. The van der Waals surface area contributed by atoms with E-state index in [0.29, 0.717) is 22.2 Å². The van der Waals surface area contributed by atoms with Gasteiger partial charge in [-0.05, 0) is 42.8 Å². The van der Waals surface area contributed by atoms with E-state index in [1.54, 1.807) is 30.3 Å². The number of rotatable bonds is 1. The molecule has 0 fully saturated rings. The van der Waals surface area contributed by atoms with Gasteiger partial charge in [0.15, 0.2) is 0 Å². The third kappa shape index (κ3) is 2.06. The van der Waals surface area contributed by atoms with Crippen molar-refractivity contribution in [1.82, 2.24) is 10.2 Å². The summed E-state index contributed by atoms with van der Waals surface area (Å²) >= 11 is 0. The normalized spacial score (nSPS) is 10.4. The molecule has 96 valence electrons. The zero-order chi connectivity index (χ0) is 14.1. The Balaban J connectivity index is 2.20. The average Bonchev–Trinajstić information content (AvgIpc) is 2.47. The fourth-order valence-corrected chi connectivity index (χ4v) is 2.15. The largest absolute Gasteiger partial charge is 0.507 e. The SMILES string of the molecule is Cc1cc(O)c2cc(-c3cccc(C#N)c3)nnc2c1. The summed E-state index contributed by atoms with van der Waals surface area (Å²) in [5, 5.41) is 27.9. The molecule has 0 saturated carbocycles. The number of aryl methyl sites for hydroxylation is 1. The molecule has 0 bridgehead atoms. The van der Waals surface area contributed by atoms with E-state index in [-0.39, 0.29) is 5.75 Å². The molecule has 3 rings (SSSR count). The minimum Gasteiger partial charge on any atom is -0.507 e. The fraction of sp³-hybridized carbons (Fsp3) is 0.0625. The molecular formula is C16H11N3O. The molecule has 1 N–H and O–H groups in total. The Hall–Kier alpha value is -2.93. The van der Waals surface area contributed by atoms with Gasteiger partial charge in [-0.25, -0.2) is 0 Å². The fourth-order valence-electron chi connectivity index (χ4n) is 2.15. The van der Waals surface area contributed by atoms with Crippen LogP contribution in [-0.2, 0) is 0 Å². The van der Waals surface area contributed by atoms with E-state index in [0.717, 1.165) is 11.1 Å². The average molecular weight is 261 g/mol. The first kappa shape index (κ1) is 12.1. The van der Waals surface area contributed by atoms with Gasteiger partial charge < -0.3 is 5.11 Å². The van der Waals surface area contributed by atoms with Crippen molar-refractivity contribution in [2.24, 2.45) is 0 Å². The zero-order valence-corrected chi connectivity index (χ0v) is 10.8. The van der Waals surface area contributed by atoms with Gasteiger partial charge >= 0.3 is 0 Å². The predicted molar refractivity (Wildman–Crippen MR) is 76.1 cm³/mol. The van der Waals surface area contributed by atoms with Crippen LogP contribution < -0.4 is 0 Å². The highest BCUT2D eigenvalue weighted by molar-refractivity contribution is 5.87. The third-order valence-corrected chi connectivity index (χ3v) is 3.11. The minimum atomic E-state index is 0.188. The Bertz CT molecular complexity index is 850. The quantitative estimate of drug-likeness (QED) is 0.730. The molecule has 3 aromatic rings. The molecule has 0 spiro atoms. The Morgan fingerprint density at radius 3 is 2.75 bits per heavy atom. The summed E-state index contributed by atoms with van der Waals surface area (Å²) in [5.41, 5.74) is 3.59. The Morgan fingerprint density at radius 2 is 1.95 bits per heavy atom. The van der Waals surface area contributed by atoms with Crippen LogP contribution in [0.25, 0.3) is 22.2 Å². The molecule has 4 heteroatoms. The van der Waals surface area contributed by atoms with E-state index in [2.05, 4.69) is 16.3 Å². The number of phenols is 1. The van der Waals surface area contributed by atoms with Crippen molar-refractivity contribution in [3.05, 3.63) is 53.6 Å². The lowest BCUT2D eigenvalue weighted by molar-refractivity contribution is 0.481. The summed E-state index contributed by atoms with van der Waals surface area (Å²) in [4.78, 5) is 0. The van der Waals surface area contributed by atoms with E-state index in [1.165, 1.54) is 0 Å². The van der Waals surface area contributed by atoms with Crippen molar-refractivity contribution < 1.29 is 5.11 Å². The topological polar surface area (TPSA) is 69.8 Å². The maximum atomic E-state index is 10.0. The van der Waals surface area contributed by atoms with Crippen LogP contribution in [0.3, 0.4) is 0 Å². The molecule has 0 unspecified atom stereocenters. The lowest BCUT2D eigenvalue weighted by Gasteiger charge is -2.05. The Kier molecular flexibility index (Phi) is 2.81. The smallest absolute Gasteiger partial charge is 0.125 e. The molecule has 0 saturated heterocycles. The van der Waals surface area contributed by atoms with Gasteiger partial charge in [-0.15, -0.1) is 10.2 Å². The first-order chi connectivity index (χ1) is 9.67. The molecule has 1 heterocycles. The summed E-state index contributed by atoms with van der Waals surface area (Å²) in [6.45, 7) is 1.89. The lowest BCUT2D eigenvalue weighted by atomic mass is 10.1. The van der Waals surface area contributed by atoms with Crippen LogP contribution >= 0.6 is 0 Å². The van der Waals surface area contributed by atoms with Crippen molar-refractivity contribution in [2.45, 2.75) is 6.92 Å². The van der Waals surface area contributed by atoms with E-state index < -0.39 is 0 Å². The molecule has 0 atom stereocenters. The number of fused-ring (bicyclic) bond motifs is 1. The van der Waals surface area contributed by atoms with Gasteiger partial charge in [-0.1, -0.05) is 12.1 Å². The second kappa shape index (κ2) is 4.63. The first-order valence-corrected chi connectivity index (χ1v) is 6.15. The van der Waals surface area contributed by atoms with Crippen LogP contribution in [0.15, 0.2) is 42.5 Å². The highest BCUT2D eigenvalue weighted by atomic mass is 16.3. The predicted octanol–water partition coefficient (Wildman–Crippen LogP) is 3.18. The van der Waals surface area contributed by atoms with Gasteiger partial charge in [0.2, 0.25) is 0 Å². The van der Waals surface area contributed by atoms with Crippen molar-refractivity contribution in [1.29, 1.82) is 5.26 Å². The summed E-state index contributed by atoms with van der Waals surface area (Å²) in [5.74, 6) is 0.188. The molecule has 2 aromatic carbocycles. The number of nitriles is 1. The molecule has 0 aliphatic carbocycles. The van der Waals surface area contributed by atoms with Crippen molar-refractivity contribution in [3.8, 4) is 23.1 Å². The van der Waals surface area contributed by atoms with Gasteiger partial charge in [0.25, 0.3) is 0 Å². The number of hydrogen-bond donors (Lipinski definition) is 1. The summed E-state index contributed by atoms with van der Waals surface area (Å²) in [7, 11) is 0. The van der Waals surface area contributed by atoms with E-state index in [4.69, 9.17) is 5.26 Å². The zero-order valence-electron chi connectivity index (χ0n) is 10.8. The molecule has 0 aliphatic heterocycles. The summed E-state index contributed by atoms with van der Waals surface area (Å²) in [6.07, 6.45) is 0. The molecule has 20 heavy (non-hydrogen) atoms. The van der Waals surface area contributed by atoms with Gasteiger partial charge in [-0.2, -0.15) is 5.26 Å². The van der Waals surface area contributed by atoms with Crippen molar-refractivity contribution in [3.63, 3.8) is 0 Å². The maximum absolute atomic E-state index is 10.0. The molecule has 0 aliphatic rings. The van der Waals surface area contributed by atoms with E-state index in [1.807, 2.05) is 19.1 Å².